The Morgan fingerprint density at radius 2 is 1.71 bits per heavy atom. The lowest BCUT2D eigenvalue weighted by Crippen LogP contribution is -2.36. The maximum atomic E-state index is 12.9. The Bertz CT molecular complexity index is 1170. The van der Waals surface area contributed by atoms with Crippen LogP contribution in [-0.4, -0.2) is 46.3 Å². The number of hydrogen-bond acceptors (Lipinski definition) is 5. The second-order valence-electron chi connectivity index (χ2n) is 8.57. The molecule has 1 heterocycles. The highest BCUT2D eigenvalue weighted by Gasteiger charge is 2.33. The first-order chi connectivity index (χ1) is 16.4. The van der Waals surface area contributed by atoms with Crippen LogP contribution < -0.4 is 4.74 Å². The summed E-state index contributed by atoms with van der Waals surface area (Å²) in [6.45, 7) is 4.27. The zero-order valence-electron chi connectivity index (χ0n) is 19.6. The van der Waals surface area contributed by atoms with E-state index in [-0.39, 0.29) is 29.3 Å². The van der Waals surface area contributed by atoms with E-state index in [4.69, 9.17) is 21.1 Å². The first-order valence-electron chi connectivity index (χ1n) is 11.2. The van der Waals surface area contributed by atoms with Crippen molar-refractivity contribution in [3.05, 3.63) is 81.6 Å². The minimum Gasteiger partial charge on any atom is -0.497 e. The fraction of sp³-hybridized carbons (Fsp3) is 0.346. The lowest BCUT2D eigenvalue weighted by molar-refractivity contribution is -0.135. The molecule has 0 unspecified atom stereocenters. The molecule has 34 heavy (non-hydrogen) atoms. The van der Waals surface area contributed by atoms with Gasteiger partial charge in [-0.15, -0.1) is 0 Å². The summed E-state index contributed by atoms with van der Waals surface area (Å²) in [5, 5.41) is 4.60. The number of rotatable bonds is 9. The number of amides is 1. The van der Waals surface area contributed by atoms with Gasteiger partial charge in [0.2, 0.25) is 0 Å². The standard InChI is InChI=1S/C26H28ClN3O4/c1-17-4-6-20(7-5-17)15-30-25(27)24(18(2)28-30)26(32)34-16-23(31)29(21-10-11-21)14-19-8-12-22(33-3)13-9-19/h4-9,12-13,21H,10-11,14-16H2,1-3H3. The van der Waals surface area contributed by atoms with E-state index < -0.39 is 5.97 Å². The number of ether oxygens (including phenoxy) is 2. The Labute approximate surface area is 204 Å². The van der Waals surface area contributed by atoms with Crippen LogP contribution in [0.3, 0.4) is 0 Å². The lowest BCUT2D eigenvalue weighted by atomic mass is 10.1. The van der Waals surface area contributed by atoms with E-state index in [0.717, 1.165) is 35.3 Å². The van der Waals surface area contributed by atoms with Crippen LogP contribution in [0.15, 0.2) is 48.5 Å². The molecule has 0 N–H and O–H groups in total. The van der Waals surface area contributed by atoms with Crippen molar-refractivity contribution in [2.75, 3.05) is 13.7 Å². The zero-order valence-corrected chi connectivity index (χ0v) is 20.3. The highest BCUT2D eigenvalue weighted by Crippen LogP contribution is 2.29. The summed E-state index contributed by atoms with van der Waals surface area (Å²) in [6.07, 6.45) is 1.90. The van der Waals surface area contributed by atoms with Crippen molar-refractivity contribution in [1.82, 2.24) is 14.7 Å². The topological polar surface area (TPSA) is 73.7 Å². The molecular weight excluding hydrogens is 454 g/mol. The van der Waals surface area contributed by atoms with Crippen LogP contribution in [0, 0.1) is 13.8 Å². The van der Waals surface area contributed by atoms with Crippen LogP contribution in [0.2, 0.25) is 5.15 Å². The molecule has 1 saturated carbocycles. The lowest BCUT2D eigenvalue weighted by Gasteiger charge is -2.22. The van der Waals surface area contributed by atoms with Gasteiger partial charge >= 0.3 is 5.97 Å². The molecule has 1 fully saturated rings. The van der Waals surface area contributed by atoms with E-state index in [9.17, 15) is 9.59 Å². The SMILES string of the molecule is COc1ccc(CN(C(=O)COC(=O)c2c(C)nn(Cc3ccc(C)cc3)c2Cl)C2CC2)cc1. The van der Waals surface area contributed by atoms with Gasteiger partial charge in [-0.1, -0.05) is 53.6 Å². The Balaban J connectivity index is 1.39. The summed E-state index contributed by atoms with van der Waals surface area (Å²) in [6, 6.07) is 15.8. The predicted molar refractivity (Wildman–Crippen MR) is 129 cm³/mol. The number of methoxy groups -OCH3 is 1. The van der Waals surface area contributed by atoms with E-state index in [2.05, 4.69) is 5.10 Å². The molecule has 0 atom stereocenters. The number of aryl methyl sites for hydroxylation is 2. The average Bonchev–Trinajstić information content (AvgIpc) is 3.63. The number of halogens is 1. The smallest absolute Gasteiger partial charge is 0.343 e. The number of hydrogen-bond donors (Lipinski definition) is 0. The second-order valence-corrected chi connectivity index (χ2v) is 8.93. The fourth-order valence-corrected chi connectivity index (χ4v) is 4.08. The van der Waals surface area contributed by atoms with Crippen molar-refractivity contribution >= 4 is 23.5 Å². The van der Waals surface area contributed by atoms with Gasteiger partial charge in [-0.2, -0.15) is 5.10 Å². The normalized spacial score (nSPS) is 12.9. The van der Waals surface area contributed by atoms with Crippen LogP contribution >= 0.6 is 11.6 Å². The molecule has 7 nitrogen and oxygen atoms in total. The van der Waals surface area contributed by atoms with E-state index in [1.54, 1.807) is 23.6 Å². The maximum Gasteiger partial charge on any atom is 0.343 e. The van der Waals surface area contributed by atoms with Gasteiger partial charge in [0.1, 0.15) is 16.5 Å². The number of benzene rings is 2. The summed E-state index contributed by atoms with van der Waals surface area (Å²) in [5.41, 5.74) is 3.82. The first-order valence-corrected chi connectivity index (χ1v) is 11.6. The number of carbonyl (C=O) groups excluding carboxylic acids is 2. The molecule has 2 aromatic carbocycles. The predicted octanol–water partition coefficient (Wildman–Crippen LogP) is 4.56. The van der Waals surface area contributed by atoms with E-state index >= 15 is 0 Å². The molecule has 0 bridgehead atoms. The molecule has 3 aromatic rings. The van der Waals surface area contributed by atoms with Crippen LogP contribution in [-0.2, 0) is 22.6 Å². The van der Waals surface area contributed by atoms with Crippen molar-refractivity contribution in [1.29, 1.82) is 0 Å². The third-order valence-corrected chi connectivity index (χ3v) is 6.25. The van der Waals surface area contributed by atoms with Crippen molar-refractivity contribution in [2.24, 2.45) is 0 Å². The van der Waals surface area contributed by atoms with Gasteiger partial charge < -0.3 is 14.4 Å². The zero-order chi connectivity index (χ0) is 24.2. The Kier molecular flexibility index (Phi) is 7.22. The molecule has 1 aliphatic carbocycles. The van der Waals surface area contributed by atoms with Gasteiger partial charge in [0.15, 0.2) is 6.61 Å². The van der Waals surface area contributed by atoms with Gasteiger partial charge in [0, 0.05) is 12.6 Å². The van der Waals surface area contributed by atoms with Crippen LogP contribution in [0.5, 0.6) is 5.75 Å². The van der Waals surface area contributed by atoms with Crippen LogP contribution in [0.1, 0.15) is 45.6 Å². The molecular formula is C26H28ClN3O4. The maximum absolute atomic E-state index is 12.9. The number of esters is 1. The second kappa shape index (κ2) is 10.3. The third-order valence-electron chi connectivity index (χ3n) is 5.87. The average molecular weight is 482 g/mol. The number of aromatic nitrogens is 2. The highest BCUT2D eigenvalue weighted by atomic mass is 35.5. The molecule has 0 saturated heterocycles. The van der Waals surface area contributed by atoms with Crippen molar-refractivity contribution < 1.29 is 19.1 Å². The Morgan fingerprint density at radius 1 is 1.06 bits per heavy atom. The molecule has 178 valence electrons. The monoisotopic (exact) mass is 481 g/mol. The summed E-state index contributed by atoms with van der Waals surface area (Å²) in [7, 11) is 1.61. The number of nitrogens with zero attached hydrogens (tertiary/aromatic N) is 3. The van der Waals surface area contributed by atoms with E-state index in [0.29, 0.717) is 18.8 Å². The van der Waals surface area contributed by atoms with Crippen molar-refractivity contribution in [2.45, 2.75) is 45.8 Å². The summed E-state index contributed by atoms with van der Waals surface area (Å²) in [4.78, 5) is 27.5. The van der Waals surface area contributed by atoms with Crippen molar-refractivity contribution in [3.63, 3.8) is 0 Å². The Morgan fingerprint density at radius 3 is 2.32 bits per heavy atom. The fourth-order valence-electron chi connectivity index (χ4n) is 3.77. The minimum absolute atomic E-state index is 0.177. The third kappa shape index (κ3) is 5.59. The molecule has 4 rings (SSSR count). The van der Waals surface area contributed by atoms with Gasteiger partial charge in [-0.05, 0) is 49.9 Å². The molecule has 8 heteroatoms. The Hall–Kier alpha value is -3.32. The molecule has 1 aliphatic rings. The summed E-state index contributed by atoms with van der Waals surface area (Å²) < 4.78 is 12.1. The van der Waals surface area contributed by atoms with Gasteiger partial charge in [-0.25, -0.2) is 9.48 Å². The van der Waals surface area contributed by atoms with Gasteiger partial charge in [0.05, 0.1) is 19.3 Å². The van der Waals surface area contributed by atoms with Gasteiger partial charge in [0.25, 0.3) is 5.91 Å². The molecule has 1 amide bonds. The summed E-state index contributed by atoms with van der Waals surface area (Å²) >= 11 is 6.47. The highest BCUT2D eigenvalue weighted by molar-refractivity contribution is 6.32. The van der Waals surface area contributed by atoms with E-state index in [1.165, 1.54) is 0 Å². The largest absolute Gasteiger partial charge is 0.497 e. The molecule has 1 aromatic heterocycles. The van der Waals surface area contributed by atoms with Gasteiger partial charge in [-0.3, -0.25) is 4.79 Å². The van der Waals surface area contributed by atoms with Crippen LogP contribution in [0.25, 0.3) is 0 Å². The summed E-state index contributed by atoms with van der Waals surface area (Å²) in [5.74, 6) is -0.115. The van der Waals surface area contributed by atoms with E-state index in [1.807, 2.05) is 55.5 Å². The first kappa shape index (κ1) is 23.8. The minimum atomic E-state index is -0.647. The van der Waals surface area contributed by atoms with Crippen LogP contribution in [0.4, 0.5) is 0 Å². The molecule has 0 radical (unpaired) electrons. The quantitative estimate of drug-likeness (QED) is 0.419. The molecule has 0 spiro atoms. The van der Waals surface area contributed by atoms with Crippen molar-refractivity contribution in [3.8, 4) is 5.75 Å². The number of carbonyl (C=O) groups is 2. The molecule has 0 aliphatic heterocycles.